The Morgan fingerprint density at radius 2 is 1.92 bits per heavy atom. The second-order valence-electron chi connectivity index (χ2n) is 2.92. The largest absolute Gasteiger partial charge is 0.313 e. The first kappa shape index (κ1) is 14.7. The van der Waals surface area contributed by atoms with Gasteiger partial charge in [-0.25, -0.2) is 0 Å². The molecule has 0 saturated carbocycles. The first-order chi connectivity index (χ1) is 6.04. The maximum Gasteiger partial charge on any atom is 0.116 e. The van der Waals surface area contributed by atoms with Crippen molar-refractivity contribution in [2.75, 3.05) is 0 Å². The van der Waals surface area contributed by atoms with E-state index in [4.69, 9.17) is 22.7 Å². The van der Waals surface area contributed by atoms with E-state index in [1.165, 1.54) is 6.92 Å². The SMILES string of the molecule is C#CCCC(N)(N)CCC.CC=O. The summed E-state index contributed by atoms with van der Waals surface area (Å²) < 4.78 is 0. The summed E-state index contributed by atoms with van der Waals surface area (Å²) >= 11 is 0. The number of rotatable bonds is 4. The Kier molecular flexibility index (Phi) is 10.4. The average molecular weight is 184 g/mol. The van der Waals surface area contributed by atoms with E-state index in [-0.39, 0.29) is 0 Å². The highest BCUT2D eigenvalue weighted by molar-refractivity contribution is 5.44. The van der Waals surface area contributed by atoms with Crippen molar-refractivity contribution in [3.8, 4) is 12.3 Å². The number of terminal acetylenes is 1. The van der Waals surface area contributed by atoms with Crippen molar-refractivity contribution in [3.05, 3.63) is 0 Å². The van der Waals surface area contributed by atoms with Crippen molar-refractivity contribution in [2.24, 2.45) is 11.5 Å². The van der Waals surface area contributed by atoms with Crippen LogP contribution >= 0.6 is 0 Å². The molecule has 0 spiro atoms. The van der Waals surface area contributed by atoms with E-state index in [0.717, 1.165) is 25.5 Å². The van der Waals surface area contributed by atoms with Gasteiger partial charge < -0.3 is 16.3 Å². The van der Waals surface area contributed by atoms with Gasteiger partial charge in [-0.3, -0.25) is 0 Å². The van der Waals surface area contributed by atoms with E-state index in [1.54, 1.807) is 0 Å². The summed E-state index contributed by atoms with van der Waals surface area (Å²) in [6.45, 7) is 3.50. The van der Waals surface area contributed by atoms with E-state index < -0.39 is 5.66 Å². The summed E-state index contributed by atoms with van der Waals surface area (Å²) in [7, 11) is 0. The van der Waals surface area contributed by atoms with Gasteiger partial charge in [-0.2, -0.15) is 0 Å². The average Bonchev–Trinajstić information content (AvgIpc) is 2.02. The van der Waals surface area contributed by atoms with E-state index in [9.17, 15) is 0 Å². The van der Waals surface area contributed by atoms with Crippen molar-refractivity contribution in [1.82, 2.24) is 0 Å². The minimum absolute atomic E-state index is 0.541. The molecule has 76 valence electrons. The fourth-order valence-corrected chi connectivity index (χ4v) is 0.895. The molecule has 13 heavy (non-hydrogen) atoms. The van der Waals surface area contributed by atoms with Gasteiger partial charge in [-0.1, -0.05) is 13.3 Å². The number of aldehydes is 1. The van der Waals surface area contributed by atoms with Gasteiger partial charge in [0.2, 0.25) is 0 Å². The molecule has 3 nitrogen and oxygen atoms in total. The second-order valence-corrected chi connectivity index (χ2v) is 2.92. The Morgan fingerprint density at radius 3 is 2.23 bits per heavy atom. The lowest BCUT2D eigenvalue weighted by atomic mass is 10.0. The molecular formula is C10H20N2O. The summed E-state index contributed by atoms with van der Waals surface area (Å²) in [6.07, 6.45) is 9.07. The standard InChI is InChI=1S/C8H16N2.C2H4O/c1-3-5-7-8(9,10)6-4-2;1-2-3/h1H,4-7,9-10H2,2H3;2H,1H3. The molecule has 0 heterocycles. The second kappa shape index (κ2) is 9.24. The lowest BCUT2D eigenvalue weighted by Gasteiger charge is -2.22. The van der Waals surface area contributed by atoms with Crippen LogP contribution in [0.2, 0.25) is 0 Å². The number of carbonyl (C=O) groups excluding carboxylic acids is 1. The number of hydrogen-bond donors (Lipinski definition) is 2. The molecule has 0 amide bonds. The van der Waals surface area contributed by atoms with Crippen LogP contribution in [-0.2, 0) is 4.79 Å². The lowest BCUT2D eigenvalue weighted by Crippen LogP contribution is -2.48. The van der Waals surface area contributed by atoms with Gasteiger partial charge in [0.25, 0.3) is 0 Å². The van der Waals surface area contributed by atoms with Gasteiger partial charge in [0.05, 0.1) is 5.66 Å². The van der Waals surface area contributed by atoms with Gasteiger partial charge in [-0.15, -0.1) is 12.3 Å². The molecular weight excluding hydrogens is 164 g/mol. The van der Waals surface area contributed by atoms with Crippen molar-refractivity contribution in [2.45, 2.75) is 45.2 Å². The van der Waals surface area contributed by atoms with E-state index in [0.29, 0.717) is 6.42 Å². The third-order valence-corrected chi connectivity index (χ3v) is 1.45. The number of nitrogens with two attached hydrogens (primary N) is 2. The van der Waals surface area contributed by atoms with E-state index >= 15 is 0 Å². The zero-order valence-electron chi connectivity index (χ0n) is 8.55. The van der Waals surface area contributed by atoms with Crippen LogP contribution in [0.3, 0.4) is 0 Å². The van der Waals surface area contributed by atoms with Crippen LogP contribution in [0.1, 0.15) is 39.5 Å². The molecule has 0 aromatic heterocycles. The normalized spacial score (nSPS) is 9.46. The predicted molar refractivity (Wildman–Crippen MR) is 55.8 cm³/mol. The Morgan fingerprint density at radius 1 is 1.46 bits per heavy atom. The summed E-state index contributed by atoms with van der Waals surface area (Å²) in [5.74, 6) is 2.52. The highest BCUT2D eigenvalue weighted by Gasteiger charge is 2.15. The molecule has 0 aliphatic rings. The monoisotopic (exact) mass is 184 g/mol. The molecule has 3 heteroatoms. The summed E-state index contributed by atoms with van der Waals surface area (Å²) in [4.78, 5) is 8.81. The van der Waals surface area contributed by atoms with Crippen LogP contribution in [-0.4, -0.2) is 11.9 Å². The minimum atomic E-state index is -0.541. The molecule has 0 saturated heterocycles. The van der Waals surface area contributed by atoms with Gasteiger partial charge in [0, 0.05) is 6.42 Å². The number of carbonyl (C=O) groups is 1. The molecule has 0 radical (unpaired) electrons. The molecule has 0 unspecified atom stereocenters. The third kappa shape index (κ3) is 14.1. The van der Waals surface area contributed by atoms with Gasteiger partial charge >= 0.3 is 0 Å². The third-order valence-electron chi connectivity index (χ3n) is 1.45. The van der Waals surface area contributed by atoms with Crippen molar-refractivity contribution < 1.29 is 4.79 Å². The summed E-state index contributed by atoms with van der Waals surface area (Å²) in [6, 6.07) is 0. The van der Waals surface area contributed by atoms with Crippen LogP contribution in [0.15, 0.2) is 0 Å². The van der Waals surface area contributed by atoms with Crippen LogP contribution in [0.4, 0.5) is 0 Å². The molecule has 0 fully saturated rings. The van der Waals surface area contributed by atoms with Crippen LogP contribution in [0, 0.1) is 12.3 Å². The Bertz CT molecular complexity index is 159. The minimum Gasteiger partial charge on any atom is -0.313 e. The van der Waals surface area contributed by atoms with Gasteiger partial charge in [0.1, 0.15) is 6.29 Å². The zero-order valence-corrected chi connectivity index (χ0v) is 8.55. The summed E-state index contributed by atoms with van der Waals surface area (Å²) in [5, 5.41) is 0. The van der Waals surface area contributed by atoms with E-state index in [2.05, 4.69) is 12.8 Å². The lowest BCUT2D eigenvalue weighted by molar-refractivity contribution is -0.106. The molecule has 0 rings (SSSR count). The van der Waals surface area contributed by atoms with Crippen LogP contribution in [0.25, 0.3) is 0 Å². The fraction of sp³-hybridized carbons (Fsp3) is 0.700. The molecule has 4 N–H and O–H groups in total. The predicted octanol–water partition coefficient (Wildman–Crippen LogP) is 1.02. The van der Waals surface area contributed by atoms with Gasteiger partial charge in [-0.05, 0) is 19.8 Å². The fourth-order valence-electron chi connectivity index (χ4n) is 0.895. The smallest absolute Gasteiger partial charge is 0.116 e. The number of hydrogen-bond acceptors (Lipinski definition) is 3. The maximum absolute atomic E-state index is 8.81. The first-order valence-corrected chi connectivity index (χ1v) is 4.45. The molecule has 0 bridgehead atoms. The maximum atomic E-state index is 8.81. The molecule has 0 aliphatic heterocycles. The van der Waals surface area contributed by atoms with Crippen LogP contribution < -0.4 is 11.5 Å². The Balaban J connectivity index is 0. The zero-order chi connectivity index (χ0) is 10.7. The van der Waals surface area contributed by atoms with Crippen molar-refractivity contribution in [1.29, 1.82) is 0 Å². The molecule has 0 aromatic carbocycles. The molecule has 0 aromatic rings. The summed E-state index contributed by atoms with van der Waals surface area (Å²) in [5.41, 5.74) is 10.9. The van der Waals surface area contributed by atoms with Crippen LogP contribution in [0.5, 0.6) is 0 Å². The molecule has 0 atom stereocenters. The highest BCUT2D eigenvalue weighted by atomic mass is 16.1. The van der Waals surface area contributed by atoms with Crippen molar-refractivity contribution >= 4 is 6.29 Å². The van der Waals surface area contributed by atoms with Gasteiger partial charge in [0.15, 0.2) is 0 Å². The Hall–Kier alpha value is -0.850. The molecule has 0 aliphatic carbocycles. The Labute approximate surface area is 80.9 Å². The van der Waals surface area contributed by atoms with Crippen molar-refractivity contribution in [3.63, 3.8) is 0 Å². The quantitative estimate of drug-likeness (QED) is 0.389. The first-order valence-electron chi connectivity index (χ1n) is 4.45. The highest BCUT2D eigenvalue weighted by Crippen LogP contribution is 2.08. The topological polar surface area (TPSA) is 69.1 Å². The van der Waals surface area contributed by atoms with E-state index in [1.807, 2.05) is 0 Å².